The van der Waals surface area contributed by atoms with Gasteiger partial charge in [-0.2, -0.15) is 0 Å². The zero-order valence-corrected chi connectivity index (χ0v) is 11.7. The third-order valence-electron chi connectivity index (χ3n) is 3.09. The molecule has 0 radical (unpaired) electrons. The van der Waals surface area contributed by atoms with Crippen molar-refractivity contribution in [2.45, 2.75) is 6.42 Å². The lowest BCUT2D eigenvalue weighted by Crippen LogP contribution is -2.10. The van der Waals surface area contributed by atoms with Gasteiger partial charge < -0.3 is 9.47 Å². The average molecular weight is 292 g/mol. The lowest BCUT2D eigenvalue weighted by molar-refractivity contribution is 0.0984. The molecule has 0 spiro atoms. The molecule has 0 aliphatic carbocycles. The predicted octanol–water partition coefficient (Wildman–Crippen LogP) is 3.41. The summed E-state index contributed by atoms with van der Waals surface area (Å²) in [6, 6.07) is 8.58. The van der Waals surface area contributed by atoms with Gasteiger partial charge in [-0.15, -0.1) is 0 Å². The average Bonchev–Trinajstić information content (AvgIpc) is 2.48. The predicted molar refractivity (Wildman–Crippen MR) is 73.9 cm³/mol. The number of Topliss-reactive ketones (excluding diaryl/α,β-unsaturated/α-hetero) is 1. The Morgan fingerprint density at radius 3 is 2.29 bits per heavy atom. The molecule has 0 bridgehead atoms. The molecular weight excluding hydrogens is 278 g/mol. The van der Waals surface area contributed by atoms with Crippen LogP contribution >= 0.6 is 0 Å². The molecule has 2 rings (SSSR count). The Morgan fingerprint density at radius 1 is 1.00 bits per heavy atom. The fraction of sp³-hybridized carbons (Fsp3) is 0.188. The van der Waals surface area contributed by atoms with E-state index in [9.17, 15) is 13.6 Å². The summed E-state index contributed by atoms with van der Waals surface area (Å²) in [5, 5.41) is 0. The van der Waals surface area contributed by atoms with Gasteiger partial charge in [-0.1, -0.05) is 18.2 Å². The number of benzene rings is 2. The Morgan fingerprint density at radius 2 is 1.62 bits per heavy atom. The van der Waals surface area contributed by atoms with Crippen LogP contribution in [0.4, 0.5) is 8.78 Å². The lowest BCUT2D eigenvalue weighted by atomic mass is 10.0. The van der Waals surface area contributed by atoms with Crippen molar-refractivity contribution in [1.29, 1.82) is 0 Å². The molecule has 2 aromatic carbocycles. The molecule has 5 heteroatoms. The zero-order chi connectivity index (χ0) is 15.4. The van der Waals surface area contributed by atoms with Crippen molar-refractivity contribution in [3.05, 3.63) is 59.2 Å². The van der Waals surface area contributed by atoms with Gasteiger partial charge in [0.15, 0.2) is 17.3 Å². The summed E-state index contributed by atoms with van der Waals surface area (Å²) in [6.45, 7) is 0. The largest absolute Gasteiger partial charge is 0.496 e. The van der Waals surface area contributed by atoms with Crippen molar-refractivity contribution >= 4 is 5.78 Å². The van der Waals surface area contributed by atoms with E-state index in [-0.39, 0.29) is 29.0 Å². The van der Waals surface area contributed by atoms with Crippen molar-refractivity contribution in [3.8, 4) is 11.5 Å². The molecule has 2 aromatic rings. The van der Waals surface area contributed by atoms with Crippen LogP contribution < -0.4 is 9.47 Å². The SMILES string of the molecule is COc1cccc(CC(=O)c2c(F)cccc2OC)c1F. The minimum atomic E-state index is -0.692. The molecule has 0 unspecified atom stereocenters. The molecule has 0 aliphatic heterocycles. The van der Waals surface area contributed by atoms with Crippen LogP contribution in [0, 0.1) is 11.6 Å². The van der Waals surface area contributed by atoms with Crippen LogP contribution in [0.5, 0.6) is 11.5 Å². The molecule has 0 fully saturated rings. The standard InChI is InChI=1S/C16H14F2O3/c1-20-13-7-4-6-11(17)15(13)12(19)9-10-5-3-8-14(21-2)16(10)18/h3-8H,9H2,1-2H3. The number of carbonyl (C=O) groups is 1. The van der Waals surface area contributed by atoms with E-state index in [2.05, 4.69) is 0 Å². The van der Waals surface area contributed by atoms with E-state index >= 15 is 0 Å². The van der Waals surface area contributed by atoms with E-state index in [1.54, 1.807) is 6.07 Å². The Labute approximate surface area is 121 Å². The molecule has 21 heavy (non-hydrogen) atoms. The molecular formula is C16H14F2O3. The van der Waals surface area contributed by atoms with Gasteiger partial charge in [-0.05, 0) is 23.8 Å². The van der Waals surface area contributed by atoms with Crippen molar-refractivity contribution in [2.24, 2.45) is 0 Å². The number of hydrogen-bond donors (Lipinski definition) is 0. The number of halogens is 2. The molecule has 0 aromatic heterocycles. The monoisotopic (exact) mass is 292 g/mol. The molecule has 0 saturated heterocycles. The number of ether oxygens (including phenoxy) is 2. The molecule has 0 aliphatic rings. The van der Waals surface area contributed by atoms with Crippen LogP contribution in [0.2, 0.25) is 0 Å². The highest BCUT2D eigenvalue weighted by Crippen LogP contribution is 2.25. The van der Waals surface area contributed by atoms with E-state index in [1.807, 2.05) is 0 Å². The van der Waals surface area contributed by atoms with Gasteiger partial charge in [0.25, 0.3) is 0 Å². The van der Waals surface area contributed by atoms with Gasteiger partial charge in [0, 0.05) is 6.42 Å². The lowest BCUT2D eigenvalue weighted by Gasteiger charge is -2.10. The third kappa shape index (κ3) is 3.02. The Bertz CT molecular complexity index is 669. The first-order valence-corrected chi connectivity index (χ1v) is 6.25. The number of carbonyl (C=O) groups excluding carboxylic acids is 1. The van der Waals surface area contributed by atoms with E-state index in [1.165, 1.54) is 38.5 Å². The van der Waals surface area contributed by atoms with Crippen molar-refractivity contribution < 1.29 is 23.0 Å². The van der Waals surface area contributed by atoms with Crippen LogP contribution in [0.15, 0.2) is 36.4 Å². The fourth-order valence-corrected chi connectivity index (χ4v) is 2.06. The maximum Gasteiger partial charge on any atom is 0.174 e. The minimum Gasteiger partial charge on any atom is -0.496 e. The van der Waals surface area contributed by atoms with Crippen molar-refractivity contribution in [1.82, 2.24) is 0 Å². The summed E-state index contributed by atoms with van der Waals surface area (Å²) in [5.41, 5.74) is -0.0353. The van der Waals surface area contributed by atoms with Crippen LogP contribution in [0.1, 0.15) is 15.9 Å². The van der Waals surface area contributed by atoms with Crippen LogP contribution in [0.3, 0.4) is 0 Å². The van der Waals surface area contributed by atoms with E-state index in [4.69, 9.17) is 9.47 Å². The number of rotatable bonds is 5. The van der Waals surface area contributed by atoms with E-state index in [0.717, 1.165) is 6.07 Å². The fourth-order valence-electron chi connectivity index (χ4n) is 2.06. The smallest absolute Gasteiger partial charge is 0.174 e. The van der Waals surface area contributed by atoms with Crippen LogP contribution in [-0.2, 0) is 6.42 Å². The van der Waals surface area contributed by atoms with E-state index < -0.39 is 17.4 Å². The molecule has 0 N–H and O–H groups in total. The highest BCUT2D eigenvalue weighted by Gasteiger charge is 2.20. The Kier molecular flexibility index (Phi) is 4.52. The molecule has 0 amide bonds. The van der Waals surface area contributed by atoms with Gasteiger partial charge in [0.1, 0.15) is 11.6 Å². The maximum atomic E-state index is 14.0. The van der Waals surface area contributed by atoms with Crippen molar-refractivity contribution in [3.63, 3.8) is 0 Å². The maximum absolute atomic E-state index is 14.0. The van der Waals surface area contributed by atoms with Gasteiger partial charge in [0.2, 0.25) is 0 Å². The van der Waals surface area contributed by atoms with Crippen molar-refractivity contribution in [2.75, 3.05) is 14.2 Å². The molecule has 110 valence electrons. The summed E-state index contributed by atoms with van der Waals surface area (Å²) in [5.74, 6) is -1.70. The summed E-state index contributed by atoms with van der Waals surface area (Å²) >= 11 is 0. The zero-order valence-electron chi connectivity index (χ0n) is 11.7. The van der Waals surface area contributed by atoms with Gasteiger partial charge in [-0.25, -0.2) is 8.78 Å². The summed E-state index contributed by atoms with van der Waals surface area (Å²) in [4.78, 5) is 12.2. The number of methoxy groups -OCH3 is 2. The van der Waals surface area contributed by atoms with Gasteiger partial charge in [0.05, 0.1) is 19.8 Å². The quantitative estimate of drug-likeness (QED) is 0.792. The van der Waals surface area contributed by atoms with Gasteiger partial charge >= 0.3 is 0 Å². The number of ketones is 1. The molecule has 0 saturated carbocycles. The first kappa shape index (κ1) is 15.0. The summed E-state index contributed by atoms with van der Waals surface area (Å²) < 4.78 is 37.7. The van der Waals surface area contributed by atoms with Gasteiger partial charge in [-0.3, -0.25) is 4.79 Å². The minimum absolute atomic E-state index is 0.0424. The first-order valence-electron chi connectivity index (χ1n) is 6.25. The normalized spacial score (nSPS) is 10.3. The number of hydrogen-bond acceptors (Lipinski definition) is 3. The van der Waals surface area contributed by atoms with Crippen LogP contribution in [-0.4, -0.2) is 20.0 Å². The highest BCUT2D eigenvalue weighted by atomic mass is 19.1. The molecule has 0 heterocycles. The summed E-state index contributed by atoms with van der Waals surface area (Å²) in [6.07, 6.45) is -0.277. The van der Waals surface area contributed by atoms with E-state index in [0.29, 0.717) is 0 Å². The second-order valence-electron chi connectivity index (χ2n) is 4.35. The second kappa shape index (κ2) is 6.35. The second-order valence-corrected chi connectivity index (χ2v) is 4.35. The molecule has 0 atom stereocenters. The Balaban J connectivity index is 2.35. The highest BCUT2D eigenvalue weighted by molar-refractivity contribution is 6.00. The third-order valence-corrected chi connectivity index (χ3v) is 3.09. The molecule has 3 nitrogen and oxygen atoms in total. The Hall–Kier alpha value is -2.43. The van der Waals surface area contributed by atoms with Crippen LogP contribution in [0.25, 0.3) is 0 Å². The summed E-state index contributed by atoms with van der Waals surface area (Å²) in [7, 11) is 2.68. The first-order chi connectivity index (χ1) is 10.1. The topological polar surface area (TPSA) is 35.5 Å².